The molecule has 104 valence electrons. The van der Waals surface area contributed by atoms with Gasteiger partial charge in [0.25, 0.3) is 5.91 Å². The fraction of sp³-hybridized carbons (Fsp3) is 0.333. The topological polar surface area (TPSA) is 59.0 Å². The number of anilines is 1. The van der Waals surface area contributed by atoms with Crippen LogP contribution < -0.4 is 10.6 Å². The second-order valence-corrected chi connectivity index (χ2v) is 5.14. The van der Waals surface area contributed by atoms with E-state index in [0.717, 1.165) is 29.9 Å². The van der Waals surface area contributed by atoms with Crippen molar-refractivity contribution in [2.75, 3.05) is 11.9 Å². The van der Waals surface area contributed by atoms with E-state index in [-0.39, 0.29) is 5.91 Å². The molecule has 2 N–H and O–H groups in total. The molecular weight excluding hydrogens is 252 g/mol. The van der Waals surface area contributed by atoms with E-state index in [1.54, 1.807) is 4.68 Å². The van der Waals surface area contributed by atoms with Crippen molar-refractivity contribution in [3.8, 4) is 0 Å². The number of carbonyl (C=O) groups is 1. The zero-order valence-electron chi connectivity index (χ0n) is 11.7. The van der Waals surface area contributed by atoms with Gasteiger partial charge in [0.1, 0.15) is 0 Å². The number of nitrogens with one attached hydrogen (secondary N) is 2. The van der Waals surface area contributed by atoms with Gasteiger partial charge in [0.05, 0.1) is 5.69 Å². The van der Waals surface area contributed by atoms with Crippen LogP contribution >= 0.6 is 0 Å². The number of aromatic nitrogens is 2. The van der Waals surface area contributed by atoms with Gasteiger partial charge in [-0.3, -0.25) is 9.48 Å². The quantitative estimate of drug-likeness (QED) is 0.891. The number of hydrogen-bond acceptors (Lipinski definition) is 3. The van der Waals surface area contributed by atoms with Gasteiger partial charge in [0.2, 0.25) is 0 Å². The normalized spacial score (nSPS) is 12.9. The van der Waals surface area contributed by atoms with Crippen LogP contribution in [0.5, 0.6) is 0 Å². The zero-order valence-corrected chi connectivity index (χ0v) is 11.7. The minimum atomic E-state index is -0.0389. The predicted molar refractivity (Wildman–Crippen MR) is 77.8 cm³/mol. The summed E-state index contributed by atoms with van der Waals surface area (Å²) in [6.45, 7) is 3.41. The van der Waals surface area contributed by atoms with Crippen LogP contribution in [-0.4, -0.2) is 22.2 Å². The van der Waals surface area contributed by atoms with E-state index in [1.807, 2.05) is 38.4 Å². The molecule has 3 rings (SSSR count). The second-order valence-electron chi connectivity index (χ2n) is 5.14. The molecule has 20 heavy (non-hydrogen) atoms. The molecular formula is C15H18N4O. The Hall–Kier alpha value is -2.30. The Bertz CT molecular complexity index is 660. The Morgan fingerprint density at radius 2 is 2.35 bits per heavy atom. The molecule has 1 aromatic heterocycles. The molecule has 5 heteroatoms. The first-order valence-electron chi connectivity index (χ1n) is 6.77. The number of fused-ring (bicyclic) bond motifs is 1. The van der Waals surface area contributed by atoms with E-state index in [4.69, 9.17) is 0 Å². The summed E-state index contributed by atoms with van der Waals surface area (Å²) >= 11 is 0. The minimum absolute atomic E-state index is 0.0389. The van der Waals surface area contributed by atoms with Crippen LogP contribution in [0.4, 0.5) is 5.69 Å². The van der Waals surface area contributed by atoms with Gasteiger partial charge in [0.15, 0.2) is 0 Å². The van der Waals surface area contributed by atoms with Crippen molar-refractivity contribution in [3.63, 3.8) is 0 Å². The van der Waals surface area contributed by atoms with E-state index in [1.165, 1.54) is 5.56 Å². The number of rotatable bonds is 3. The molecule has 0 saturated heterocycles. The highest BCUT2D eigenvalue weighted by molar-refractivity contribution is 5.95. The number of benzene rings is 1. The molecule has 1 aromatic carbocycles. The van der Waals surface area contributed by atoms with Gasteiger partial charge in [-0.1, -0.05) is 0 Å². The standard InChI is InChI=1S/C15H18N4O/c1-10-13(9-19(2)18-10)8-17-15(20)12-3-4-14-11(7-12)5-6-16-14/h3-4,7,9,16H,5-6,8H2,1-2H3,(H,17,20). The SMILES string of the molecule is Cc1nn(C)cc1CNC(=O)c1ccc2c(c1)CCN2. The largest absolute Gasteiger partial charge is 0.384 e. The predicted octanol–water partition coefficient (Wildman–Crippen LogP) is 1.63. The molecule has 5 nitrogen and oxygen atoms in total. The lowest BCUT2D eigenvalue weighted by molar-refractivity contribution is 0.0951. The third-order valence-electron chi connectivity index (χ3n) is 3.63. The van der Waals surface area contributed by atoms with E-state index >= 15 is 0 Å². The van der Waals surface area contributed by atoms with Crippen LogP contribution in [0.15, 0.2) is 24.4 Å². The Morgan fingerprint density at radius 3 is 3.10 bits per heavy atom. The van der Waals surface area contributed by atoms with Crippen molar-refractivity contribution >= 4 is 11.6 Å². The summed E-state index contributed by atoms with van der Waals surface area (Å²) in [4.78, 5) is 12.2. The summed E-state index contributed by atoms with van der Waals surface area (Å²) in [5, 5.41) is 10.5. The Morgan fingerprint density at radius 1 is 1.50 bits per heavy atom. The minimum Gasteiger partial charge on any atom is -0.384 e. The highest BCUT2D eigenvalue weighted by Crippen LogP contribution is 2.22. The van der Waals surface area contributed by atoms with E-state index in [0.29, 0.717) is 12.1 Å². The first-order valence-corrected chi connectivity index (χ1v) is 6.77. The van der Waals surface area contributed by atoms with E-state index < -0.39 is 0 Å². The first kappa shape index (κ1) is 12.7. The maximum atomic E-state index is 12.2. The van der Waals surface area contributed by atoms with Gasteiger partial charge >= 0.3 is 0 Å². The maximum Gasteiger partial charge on any atom is 0.251 e. The van der Waals surface area contributed by atoms with Gasteiger partial charge < -0.3 is 10.6 Å². The van der Waals surface area contributed by atoms with Crippen molar-refractivity contribution < 1.29 is 4.79 Å². The number of carbonyl (C=O) groups excluding carboxylic acids is 1. The summed E-state index contributed by atoms with van der Waals surface area (Å²) in [6, 6.07) is 5.82. The number of hydrogen-bond donors (Lipinski definition) is 2. The van der Waals surface area contributed by atoms with Crippen molar-refractivity contribution in [2.24, 2.45) is 7.05 Å². The van der Waals surface area contributed by atoms with Crippen LogP contribution in [0.2, 0.25) is 0 Å². The number of aryl methyl sites for hydroxylation is 2. The summed E-state index contributed by atoms with van der Waals surface area (Å²) in [7, 11) is 1.88. The van der Waals surface area contributed by atoms with E-state index in [2.05, 4.69) is 15.7 Å². The summed E-state index contributed by atoms with van der Waals surface area (Å²) in [5.41, 5.74) is 5.07. The highest BCUT2D eigenvalue weighted by Gasteiger charge is 2.13. The lowest BCUT2D eigenvalue weighted by atomic mass is 10.1. The Labute approximate surface area is 118 Å². The molecule has 0 unspecified atom stereocenters. The monoisotopic (exact) mass is 270 g/mol. The van der Waals surface area contributed by atoms with Gasteiger partial charge in [0, 0.05) is 43.1 Å². The van der Waals surface area contributed by atoms with Gasteiger partial charge in [-0.05, 0) is 37.1 Å². The molecule has 0 bridgehead atoms. The molecule has 0 atom stereocenters. The van der Waals surface area contributed by atoms with Gasteiger partial charge in [-0.25, -0.2) is 0 Å². The molecule has 1 aliphatic heterocycles. The second kappa shape index (κ2) is 5.00. The third-order valence-corrected chi connectivity index (χ3v) is 3.63. The zero-order chi connectivity index (χ0) is 14.1. The average Bonchev–Trinajstić information content (AvgIpc) is 3.01. The maximum absolute atomic E-state index is 12.2. The molecule has 0 aliphatic carbocycles. The molecule has 0 saturated carbocycles. The Balaban J connectivity index is 1.69. The molecule has 0 radical (unpaired) electrons. The number of nitrogens with zero attached hydrogens (tertiary/aromatic N) is 2. The summed E-state index contributed by atoms with van der Waals surface area (Å²) < 4.78 is 1.76. The van der Waals surface area contributed by atoms with Crippen molar-refractivity contribution in [2.45, 2.75) is 19.9 Å². The van der Waals surface area contributed by atoms with Crippen LogP contribution in [0.3, 0.4) is 0 Å². The van der Waals surface area contributed by atoms with Gasteiger partial charge in [-0.2, -0.15) is 5.10 Å². The summed E-state index contributed by atoms with van der Waals surface area (Å²) in [5.74, 6) is -0.0389. The van der Waals surface area contributed by atoms with E-state index in [9.17, 15) is 4.79 Å². The highest BCUT2D eigenvalue weighted by atomic mass is 16.1. The summed E-state index contributed by atoms with van der Waals surface area (Å²) in [6.07, 6.45) is 2.92. The Kier molecular flexibility index (Phi) is 3.18. The molecule has 1 amide bonds. The van der Waals surface area contributed by atoms with Crippen LogP contribution in [0, 0.1) is 6.92 Å². The number of amides is 1. The fourth-order valence-electron chi connectivity index (χ4n) is 2.55. The molecule has 1 aliphatic rings. The smallest absolute Gasteiger partial charge is 0.251 e. The third kappa shape index (κ3) is 2.39. The van der Waals surface area contributed by atoms with Crippen molar-refractivity contribution in [3.05, 3.63) is 46.8 Å². The molecule has 0 spiro atoms. The van der Waals surface area contributed by atoms with Crippen LogP contribution in [0.1, 0.15) is 27.2 Å². The molecule has 2 aromatic rings. The van der Waals surface area contributed by atoms with Crippen LogP contribution in [0.25, 0.3) is 0 Å². The first-order chi connectivity index (χ1) is 9.63. The van der Waals surface area contributed by atoms with Gasteiger partial charge in [-0.15, -0.1) is 0 Å². The molecule has 2 heterocycles. The fourth-order valence-corrected chi connectivity index (χ4v) is 2.55. The molecule has 0 fully saturated rings. The lowest BCUT2D eigenvalue weighted by Crippen LogP contribution is -2.23. The average molecular weight is 270 g/mol. The lowest BCUT2D eigenvalue weighted by Gasteiger charge is -2.06. The van der Waals surface area contributed by atoms with Crippen molar-refractivity contribution in [1.82, 2.24) is 15.1 Å². The van der Waals surface area contributed by atoms with Crippen molar-refractivity contribution in [1.29, 1.82) is 0 Å². The van der Waals surface area contributed by atoms with Crippen LogP contribution in [-0.2, 0) is 20.0 Å².